The number of nitriles is 1. The van der Waals surface area contributed by atoms with Crippen molar-refractivity contribution in [2.45, 2.75) is 6.18 Å². The van der Waals surface area contributed by atoms with E-state index in [2.05, 4.69) is 4.98 Å². The van der Waals surface area contributed by atoms with E-state index in [0.29, 0.717) is 10.6 Å². The van der Waals surface area contributed by atoms with E-state index < -0.39 is 11.7 Å². The molecular weight excluding hydrogens is 365 g/mol. The summed E-state index contributed by atoms with van der Waals surface area (Å²) in [5.41, 5.74) is 0.722. The first-order chi connectivity index (χ1) is 12.4. The number of rotatable bonds is 3. The number of ether oxygens (including phenoxy) is 1. The lowest BCUT2D eigenvalue weighted by Crippen LogP contribution is -2.04. The summed E-state index contributed by atoms with van der Waals surface area (Å²) >= 11 is 5.85. The molecule has 0 aliphatic carbocycles. The molecule has 0 saturated carbocycles. The van der Waals surface area contributed by atoms with Crippen LogP contribution in [0.5, 0.6) is 11.6 Å². The molecule has 3 nitrogen and oxygen atoms in total. The smallest absolute Gasteiger partial charge is 0.416 e. The van der Waals surface area contributed by atoms with Crippen LogP contribution >= 0.6 is 11.6 Å². The third-order valence-corrected chi connectivity index (χ3v) is 3.78. The van der Waals surface area contributed by atoms with E-state index in [-0.39, 0.29) is 17.2 Å². The molecule has 7 heteroatoms. The highest BCUT2D eigenvalue weighted by Crippen LogP contribution is 2.33. The molecule has 0 unspecified atom stereocenters. The second-order valence-electron chi connectivity index (χ2n) is 5.32. The lowest BCUT2D eigenvalue weighted by Gasteiger charge is -2.11. The lowest BCUT2D eigenvalue weighted by atomic mass is 10.1. The van der Waals surface area contributed by atoms with Gasteiger partial charge in [-0.3, -0.25) is 0 Å². The Hall–Kier alpha value is -3.04. The summed E-state index contributed by atoms with van der Waals surface area (Å²) in [6, 6.07) is 14.8. The summed E-state index contributed by atoms with van der Waals surface area (Å²) in [4.78, 5) is 4.08. The Balaban J connectivity index is 1.92. The highest BCUT2D eigenvalue weighted by Gasteiger charge is 2.30. The first-order valence-corrected chi connectivity index (χ1v) is 7.76. The van der Waals surface area contributed by atoms with Gasteiger partial charge in [0.1, 0.15) is 17.4 Å². The van der Waals surface area contributed by atoms with E-state index in [9.17, 15) is 18.4 Å². The number of hydrogen-bond acceptors (Lipinski definition) is 3. The van der Waals surface area contributed by atoms with Gasteiger partial charge in [-0.05, 0) is 42.0 Å². The highest BCUT2D eigenvalue weighted by molar-refractivity contribution is 6.30. The van der Waals surface area contributed by atoms with Crippen LogP contribution < -0.4 is 4.74 Å². The Kier molecular flexibility index (Phi) is 4.83. The van der Waals surface area contributed by atoms with Crippen molar-refractivity contribution in [1.82, 2.24) is 4.98 Å². The van der Waals surface area contributed by atoms with Crippen LogP contribution in [0.25, 0.3) is 11.1 Å². The number of alkyl halides is 3. The average Bonchev–Trinajstić information content (AvgIpc) is 2.62. The topological polar surface area (TPSA) is 45.9 Å². The van der Waals surface area contributed by atoms with Crippen molar-refractivity contribution in [1.29, 1.82) is 5.26 Å². The van der Waals surface area contributed by atoms with E-state index in [1.54, 1.807) is 30.3 Å². The second-order valence-corrected chi connectivity index (χ2v) is 5.76. The van der Waals surface area contributed by atoms with Crippen LogP contribution in [0.15, 0.2) is 60.8 Å². The number of benzene rings is 2. The van der Waals surface area contributed by atoms with E-state index in [0.717, 1.165) is 17.7 Å². The second kappa shape index (κ2) is 7.06. The predicted octanol–water partition coefficient (Wildman–Crippen LogP) is 6.08. The van der Waals surface area contributed by atoms with Crippen molar-refractivity contribution in [2.75, 3.05) is 0 Å². The minimum atomic E-state index is -4.48. The molecule has 1 heterocycles. The standard InChI is InChI=1S/C19H10ClF3N2O/c20-16-6-4-12(5-7-16)14-8-13(10-24)18(25-11-14)26-17-3-1-2-15(9-17)19(21,22)23/h1-9,11H. The number of nitrogens with zero attached hydrogens (tertiary/aromatic N) is 2. The van der Waals surface area contributed by atoms with Gasteiger partial charge in [-0.25, -0.2) is 4.98 Å². The fourth-order valence-corrected chi connectivity index (χ4v) is 2.39. The molecule has 0 aliphatic rings. The zero-order chi connectivity index (χ0) is 18.7. The number of aromatic nitrogens is 1. The summed E-state index contributed by atoms with van der Waals surface area (Å²) in [7, 11) is 0. The Labute approximate surface area is 152 Å². The molecule has 1 aromatic heterocycles. The molecule has 0 bridgehead atoms. The van der Waals surface area contributed by atoms with Crippen molar-refractivity contribution in [2.24, 2.45) is 0 Å². The molecule has 3 aromatic rings. The molecule has 0 aliphatic heterocycles. The molecule has 0 spiro atoms. The van der Waals surface area contributed by atoms with Crippen LogP contribution in [0.3, 0.4) is 0 Å². The van der Waals surface area contributed by atoms with E-state index in [1.807, 2.05) is 6.07 Å². The molecule has 0 atom stereocenters. The molecule has 2 aromatic carbocycles. The van der Waals surface area contributed by atoms with Crippen LogP contribution in [-0.4, -0.2) is 4.98 Å². The fourth-order valence-electron chi connectivity index (χ4n) is 2.26. The molecule has 3 rings (SSSR count). The van der Waals surface area contributed by atoms with Gasteiger partial charge in [-0.1, -0.05) is 29.8 Å². The first-order valence-electron chi connectivity index (χ1n) is 7.38. The molecule has 130 valence electrons. The maximum absolute atomic E-state index is 12.8. The number of pyridine rings is 1. The predicted molar refractivity (Wildman–Crippen MR) is 90.9 cm³/mol. The molecule has 0 N–H and O–H groups in total. The van der Waals surface area contributed by atoms with Crippen molar-refractivity contribution >= 4 is 11.6 Å². The molecule has 0 fully saturated rings. The molecule has 26 heavy (non-hydrogen) atoms. The van der Waals surface area contributed by atoms with Crippen LogP contribution in [0, 0.1) is 11.3 Å². The minimum absolute atomic E-state index is 0.0527. The summed E-state index contributed by atoms with van der Waals surface area (Å²) in [6.45, 7) is 0. The quantitative estimate of drug-likeness (QED) is 0.557. The fraction of sp³-hybridized carbons (Fsp3) is 0.0526. The molecule has 0 radical (unpaired) electrons. The Bertz CT molecular complexity index is 979. The maximum atomic E-state index is 12.8. The summed E-state index contributed by atoms with van der Waals surface area (Å²) in [5.74, 6) is -0.118. The Morgan fingerprint density at radius 2 is 1.73 bits per heavy atom. The largest absolute Gasteiger partial charge is 0.438 e. The SMILES string of the molecule is N#Cc1cc(-c2ccc(Cl)cc2)cnc1Oc1cccc(C(F)(F)F)c1. The Morgan fingerprint density at radius 3 is 2.38 bits per heavy atom. The van der Waals surface area contributed by atoms with Crippen LogP contribution in [-0.2, 0) is 6.18 Å². The van der Waals surface area contributed by atoms with Gasteiger partial charge in [-0.15, -0.1) is 0 Å². The zero-order valence-corrected chi connectivity index (χ0v) is 13.8. The van der Waals surface area contributed by atoms with Gasteiger partial charge in [0, 0.05) is 16.8 Å². The maximum Gasteiger partial charge on any atom is 0.416 e. The van der Waals surface area contributed by atoms with Crippen LogP contribution in [0.4, 0.5) is 13.2 Å². The zero-order valence-electron chi connectivity index (χ0n) is 13.1. The van der Waals surface area contributed by atoms with Gasteiger partial charge in [0.05, 0.1) is 5.56 Å². The monoisotopic (exact) mass is 374 g/mol. The van der Waals surface area contributed by atoms with Crippen molar-refractivity contribution in [3.05, 3.63) is 76.9 Å². The van der Waals surface area contributed by atoms with Gasteiger partial charge in [0.2, 0.25) is 5.88 Å². The van der Waals surface area contributed by atoms with Gasteiger partial charge >= 0.3 is 6.18 Å². The van der Waals surface area contributed by atoms with E-state index in [4.69, 9.17) is 16.3 Å². The highest BCUT2D eigenvalue weighted by atomic mass is 35.5. The first kappa shape index (κ1) is 17.8. The minimum Gasteiger partial charge on any atom is -0.438 e. The van der Waals surface area contributed by atoms with Gasteiger partial charge < -0.3 is 4.74 Å². The van der Waals surface area contributed by atoms with Crippen molar-refractivity contribution in [3.8, 4) is 28.8 Å². The number of halogens is 4. The van der Waals surface area contributed by atoms with Gasteiger partial charge in [-0.2, -0.15) is 18.4 Å². The average molecular weight is 375 g/mol. The van der Waals surface area contributed by atoms with Gasteiger partial charge in [0.25, 0.3) is 0 Å². The molecular formula is C19H10ClF3N2O. The van der Waals surface area contributed by atoms with Crippen molar-refractivity contribution in [3.63, 3.8) is 0 Å². The van der Waals surface area contributed by atoms with E-state index >= 15 is 0 Å². The summed E-state index contributed by atoms with van der Waals surface area (Å²) in [5, 5.41) is 9.90. The van der Waals surface area contributed by atoms with Crippen LogP contribution in [0.2, 0.25) is 5.02 Å². The molecule has 0 amide bonds. The van der Waals surface area contributed by atoms with Crippen LogP contribution in [0.1, 0.15) is 11.1 Å². The van der Waals surface area contributed by atoms with E-state index in [1.165, 1.54) is 18.3 Å². The van der Waals surface area contributed by atoms with Crippen molar-refractivity contribution < 1.29 is 17.9 Å². The normalized spacial score (nSPS) is 11.0. The number of hydrogen-bond donors (Lipinski definition) is 0. The summed E-state index contributed by atoms with van der Waals surface area (Å²) in [6.07, 6.45) is -3.00. The lowest BCUT2D eigenvalue weighted by molar-refractivity contribution is -0.137. The van der Waals surface area contributed by atoms with Gasteiger partial charge in [0.15, 0.2) is 0 Å². The Morgan fingerprint density at radius 1 is 1.00 bits per heavy atom. The summed E-state index contributed by atoms with van der Waals surface area (Å²) < 4.78 is 43.8. The third kappa shape index (κ3) is 3.95. The molecule has 0 saturated heterocycles. The third-order valence-electron chi connectivity index (χ3n) is 3.53.